The Morgan fingerprint density at radius 1 is 1.29 bits per heavy atom. The Balaban J connectivity index is 1.46. The quantitative estimate of drug-likeness (QED) is 0.598. The summed E-state index contributed by atoms with van der Waals surface area (Å²) in [6.45, 7) is 4.37. The van der Waals surface area contributed by atoms with E-state index in [2.05, 4.69) is 39.7 Å². The van der Waals surface area contributed by atoms with Gasteiger partial charge in [-0.25, -0.2) is 4.98 Å². The maximum Gasteiger partial charge on any atom is 0.213 e. The molecule has 0 spiro atoms. The molecule has 0 saturated heterocycles. The molecule has 6 heteroatoms. The molecule has 1 saturated carbocycles. The fraction of sp³-hybridized carbons (Fsp3) is 0.444. The van der Waals surface area contributed by atoms with Gasteiger partial charge in [-0.1, -0.05) is 0 Å². The van der Waals surface area contributed by atoms with Crippen molar-refractivity contribution in [3.05, 3.63) is 45.8 Å². The number of rotatable bonds is 7. The van der Waals surface area contributed by atoms with Gasteiger partial charge < -0.3 is 15.4 Å². The number of hydrogen-bond acceptors (Lipinski definition) is 4. The van der Waals surface area contributed by atoms with E-state index in [0.29, 0.717) is 12.4 Å². The number of ether oxygens (including phenoxy) is 1. The van der Waals surface area contributed by atoms with E-state index in [1.807, 2.05) is 12.1 Å². The van der Waals surface area contributed by atoms with Gasteiger partial charge in [0.1, 0.15) is 0 Å². The standard InChI is InChI=1S/C18H24N4OS/c1-13-3-6-16(24-13)11-22-18(19-2)21-10-15-7-8-20-17(9-15)23-12-14-4-5-14/h3,6-9,14H,4-5,10-12H2,1-2H3,(H2,19,21,22). The first-order chi connectivity index (χ1) is 11.7. The Morgan fingerprint density at radius 2 is 2.12 bits per heavy atom. The molecule has 0 aromatic carbocycles. The van der Waals surface area contributed by atoms with Crippen LogP contribution in [0, 0.1) is 12.8 Å². The summed E-state index contributed by atoms with van der Waals surface area (Å²) in [5.74, 6) is 2.23. The number of pyridine rings is 1. The van der Waals surface area contributed by atoms with Gasteiger partial charge in [-0.15, -0.1) is 11.3 Å². The molecular formula is C18H24N4OS. The third-order valence-corrected chi connectivity index (χ3v) is 4.87. The van der Waals surface area contributed by atoms with Crippen molar-refractivity contribution in [2.24, 2.45) is 10.9 Å². The van der Waals surface area contributed by atoms with Crippen molar-refractivity contribution in [3.8, 4) is 5.88 Å². The molecule has 1 fully saturated rings. The van der Waals surface area contributed by atoms with Crippen LogP contribution in [0.1, 0.15) is 28.2 Å². The lowest BCUT2D eigenvalue weighted by Crippen LogP contribution is -2.36. The molecular weight excluding hydrogens is 320 g/mol. The molecule has 2 aromatic heterocycles. The zero-order valence-corrected chi connectivity index (χ0v) is 15.0. The first-order valence-corrected chi connectivity index (χ1v) is 9.12. The Morgan fingerprint density at radius 3 is 2.83 bits per heavy atom. The average Bonchev–Trinajstić information content (AvgIpc) is 3.34. The minimum Gasteiger partial charge on any atom is -0.477 e. The van der Waals surface area contributed by atoms with Crippen LogP contribution in [0.5, 0.6) is 5.88 Å². The van der Waals surface area contributed by atoms with Crippen molar-refractivity contribution < 1.29 is 4.74 Å². The Labute approximate surface area is 147 Å². The number of nitrogens with one attached hydrogen (secondary N) is 2. The maximum absolute atomic E-state index is 5.73. The van der Waals surface area contributed by atoms with Gasteiger partial charge in [0.2, 0.25) is 5.88 Å². The van der Waals surface area contributed by atoms with Gasteiger partial charge in [0.25, 0.3) is 0 Å². The van der Waals surface area contributed by atoms with E-state index in [4.69, 9.17) is 4.74 Å². The van der Waals surface area contributed by atoms with E-state index in [0.717, 1.165) is 30.6 Å². The summed E-state index contributed by atoms with van der Waals surface area (Å²) in [4.78, 5) is 11.2. The molecule has 128 valence electrons. The van der Waals surface area contributed by atoms with Gasteiger partial charge in [0, 0.05) is 35.6 Å². The number of aryl methyl sites for hydroxylation is 1. The molecule has 2 N–H and O–H groups in total. The van der Waals surface area contributed by atoms with Crippen LogP contribution in [-0.4, -0.2) is 24.6 Å². The summed E-state index contributed by atoms with van der Waals surface area (Å²) in [6.07, 6.45) is 4.36. The topological polar surface area (TPSA) is 58.5 Å². The molecule has 1 aliphatic rings. The highest BCUT2D eigenvalue weighted by molar-refractivity contribution is 7.11. The highest BCUT2D eigenvalue weighted by atomic mass is 32.1. The highest BCUT2D eigenvalue weighted by Gasteiger charge is 2.22. The number of aliphatic imine (C=N–C) groups is 1. The van der Waals surface area contributed by atoms with Crippen molar-refractivity contribution in [2.75, 3.05) is 13.7 Å². The predicted octanol–water partition coefficient (Wildman–Crippen LogP) is 3.11. The van der Waals surface area contributed by atoms with Gasteiger partial charge in [-0.05, 0) is 49.4 Å². The van der Waals surface area contributed by atoms with Gasteiger partial charge in [-0.2, -0.15) is 0 Å². The van der Waals surface area contributed by atoms with Crippen molar-refractivity contribution in [1.29, 1.82) is 0 Å². The smallest absolute Gasteiger partial charge is 0.213 e. The van der Waals surface area contributed by atoms with Gasteiger partial charge in [0.15, 0.2) is 5.96 Å². The van der Waals surface area contributed by atoms with E-state index in [-0.39, 0.29) is 0 Å². The van der Waals surface area contributed by atoms with E-state index in [1.54, 1.807) is 24.6 Å². The molecule has 0 amide bonds. The third kappa shape index (κ3) is 5.23. The second-order valence-electron chi connectivity index (χ2n) is 6.05. The molecule has 1 aliphatic carbocycles. The first kappa shape index (κ1) is 16.8. The van der Waals surface area contributed by atoms with Crippen LogP contribution in [-0.2, 0) is 13.1 Å². The highest BCUT2D eigenvalue weighted by Crippen LogP contribution is 2.29. The Kier molecular flexibility index (Phi) is 5.69. The summed E-state index contributed by atoms with van der Waals surface area (Å²) >= 11 is 1.80. The second kappa shape index (κ2) is 8.15. The fourth-order valence-electron chi connectivity index (χ4n) is 2.28. The van der Waals surface area contributed by atoms with Gasteiger partial charge in [-0.3, -0.25) is 4.99 Å². The van der Waals surface area contributed by atoms with Gasteiger partial charge >= 0.3 is 0 Å². The largest absolute Gasteiger partial charge is 0.477 e. The minimum atomic E-state index is 0.686. The minimum absolute atomic E-state index is 0.686. The molecule has 5 nitrogen and oxygen atoms in total. The molecule has 24 heavy (non-hydrogen) atoms. The number of guanidine groups is 1. The van der Waals surface area contributed by atoms with E-state index in [1.165, 1.54) is 22.6 Å². The van der Waals surface area contributed by atoms with E-state index >= 15 is 0 Å². The molecule has 0 bridgehead atoms. The van der Waals surface area contributed by atoms with Crippen LogP contribution in [0.15, 0.2) is 35.5 Å². The number of nitrogens with zero attached hydrogens (tertiary/aromatic N) is 2. The van der Waals surface area contributed by atoms with E-state index in [9.17, 15) is 0 Å². The molecule has 0 unspecified atom stereocenters. The molecule has 0 radical (unpaired) electrons. The average molecular weight is 344 g/mol. The van der Waals surface area contributed by atoms with Crippen LogP contribution < -0.4 is 15.4 Å². The molecule has 2 aromatic rings. The number of hydrogen-bond donors (Lipinski definition) is 2. The summed E-state index contributed by atoms with van der Waals surface area (Å²) in [5, 5.41) is 6.66. The summed E-state index contributed by atoms with van der Waals surface area (Å²) in [6, 6.07) is 8.27. The predicted molar refractivity (Wildman–Crippen MR) is 98.6 cm³/mol. The first-order valence-electron chi connectivity index (χ1n) is 8.30. The SMILES string of the molecule is CN=C(NCc1ccnc(OCC2CC2)c1)NCc1ccc(C)s1. The maximum atomic E-state index is 5.73. The van der Waals surface area contributed by atoms with Crippen LogP contribution in [0.4, 0.5) is 0 Å². The van der Waals surface area contributed by atoms with Crippen LogP contribution in [0.2, 0.25) is 0 Å². The molecule has 2 heterocycles. The van der Waals surface area contributed by atoms with Crippen LogP contribution in [0.3, 0.4) is 0 Å². The normalized spacial score (nSPS) is 14.5. The Bertz CT molecular complexity index is 694. The zero-order chi connectivity index (χ0) is 16.8. The van der Waals surface area contributed by atoms with Crippen molar-refractivity contribution in [3.63, 3.8) is 0 Å². The Hall–Kier alpha value is -2.08. The second-order valence-corrected chi connectivity index (χ2v) is 7.42. The monoisotopic (exact) mass is 344 g/mol. The molecule has 3 rings (SSSR count). The molecule has 0 aliphatic heterocycles. The lowest BCUT2D eigenvalue weighted by Gasteiger charge is -2.12. The van der Waals surface area contributed by atoms with Crippen LogP contribution in [0.25, 0.3) is 0 Å². The lowest BCUT2D eigenvalue weighted by atomic mass is 10.2. The van der Waals surface area contributed by atoms with Crippen molar-refractivity contribution >= 4 is 17.3 Å². The summed E-state index contributed by atoms with van der Waals surface area (Å²) in [5.41, 5.74) is 1.13. The zero-order valence-electron chi connectivity index (χ0n) is 14.2. The van der Waals surface area contributed by atoms with E-state index < -0.39 is 0 Å². The van der Waals surface area contributed by atoms with Crippen LogP contribution >= 0.6 is 11.3 Å². The summed E-state index contributed by atoms with van der Waals surface area (Å²) in [7, 11) is 1.78. The van der Waals surface area contributed by atoms with Gasteiger partial charge in [0.05, 0.1) is 13.2 Å². The fourth-order valence-corrected chi connectivity index (χ4v) is 3.11. The van der Waals surface area contributed by atoms with Crippen molar-refractivity contribution in [1.82, 2.24) is 15.6 Å². The third-order valence-electron chi connectivity index (χ3n) is 3.87. The molecule has 0 atom stereocenters. The lowest BCUT2D eigenvalue weighted by molar-refractivity contribution is 0.288. The number of thiophene rings is 1. The summed E-state index contributed by atoms with van der Waals surface area (Å²) < 4.78 is 5.73. The van der Waals surface area contributed by atoms with Crippen molar-refractivity contribution in [2.45, 2.75) is 32.9 Å². The number of aromatic nitrogens is 1.